The summed E-state index contributed by atoms with van der Waals surface area (Å²) in [6.07, 6.45) is 6.12. The molecule has 0 aromatic heterocycles. The van der Waals surface area contributed by atoms with Gasteiger partial charge in [0.05, 0.1) is 0 Å². The van der Waals surface area contributed by atoms with Crippen LogP contribution < -0.4 is 0 Å². The zero-order valence-electron chi connectivity index (χ0n) is 10.3. The van der Waals surface area contributed by atoms with Crippen LogP contribution in [0.5, 0.6) is 0 Å². The molecule has 1 fully saturated rings. The fourth-order valence-electron chi connectivity index (χ4n) is 3.51. The first-order valence-electron chi connectivity index (χ1n) is 6.15. The van der Waals surface area contributed by atoms with Gasteiger partial charge in [0.15, 0.2) is 0 Å². The van der Waals surface area contributed by atoms with E-state index in [9.17, 15) is 4.79 Å². The Kier molecular flexibility index (Phi) is 2.52. The van der Waals surface area contributed by atoms with Gasteiger partial charge >= 0.3 is 0 Å². The van der Waals surface area contributed by atoms with E-state index in [2.05, 4.69) is 26.8 Å². The molecular formula is C14H22O. The first kappa shape index (κ1) is 10.9. The van der Waals surface area contributed by atoms with Crippen LogP contribution in [0.3, 0.4) is 0 Å². The van der Waals surface area contributed by atoms with E-state index in [0.717, 1.165) is 12.3 Å². The Labute approximate surface area is 92.9 Å². The van der Waals surface area contributed by atoms with Gasteiger partial charge in [-0.15, -0.1) is 0 Å². The molecule has 3 atom stereocenters. The number of hydrogen-bond donors (Lipinski definition) is 0. The summed E-state index contributed by atoms with van der Waals surface area (Å²) in [5.74, 6) is 2.08. The van der Waals surface area contributed by atoms with Crippen molar-refractivity contribution in [1.29, 1.82) is 0 Å². The van der Waals surface area contributed by atoms with Gasteiger partial charge in [-0.2, -0.15) is 0 Å². The SMILES string of the molecule is CC(=O)C1C[C@@H]2CC[C@H](C)C2=CC1(C)C. The van der Waals surface area contributed by atoms with Crippen LogP contribution in [0.4, 0.5) is 0 Å². The lowest BCUT2D eigenvalue weighted by molar-refractivity contribution is -0.124. The third kappa shape index (κ3) is 1.77. The highest BCUT2D eigenvalue weighted by atomic mass is 16.1. The summed E-state index contributed by atoms with van der Waals surface area (Å²) in [4.78, 5) is 11.7. The monoisotopic (exact) mass is 206 g/mol. The summed E-state index contributed by atoms with van der Waals surface area (Å²) in [6.45, 7) is 8.51. The molecule has 2 rings (SSSR count). The highest BCUT2D eigenvalue weighted by Crippen LogP contribution is 2.50. The van der Waals surface area contributed by atoms with Gasteiger partial charge in [-0.3, -0.25) is 4.79 Å². The van der Waals surface area contributed by atoms with E-state index < -0.39 is 0 Å². The van der Waals surface area contributed by atoms with Crippen LogP contribution >= 0.6 is 0 Å². The second-order valence-electron chi connectivity index (χ2n) is 6.04. The molecule has 0 N–H and O–H groups in total. The van der Waals surface area contributed by atoms with Crippen molar-refractivity contribution in [1.82, 2.24) is 0 Å². The molecule has 0 heterocycles. The van der Waals surface area contributed by atoms with Crippen LogP contribution in [-0.4, -0.2) is 5.78 Å². The maximum atomic E-state index is 11.7. The van der Waals surface area contributed by atoms with Crippen LogP contribution in [0.2, 0.25) is 0 Å². The van der Waals surface area contributed by atoms with Gasteiger partial charge in [-0.05, 0) is 43.4 Å². The lowest BCUT2D eigenvalue weighted by atomic mass is 9.66. The van der Waals surface area contributed by atoms with E-state index in [1.807, 2.05) is 0 Å². The van der Waals surface area contributed by atoms with Gasteiger partial charge < -0.3 is 0 Å². The quantitative estimate of drug-likeness (QED) is 0.599. The summed E-state index contributed by atoms with van der Waals surface area (Å²) in [5.41, 5.74) is 1.72. The lowest BCUT2D eigenvalue weighted by Gasteiger charge is -2.38. The van der Waals surface area contributed by atoms with Gasteiger partial charge in [0.1, 0.15) is 5.78 Å². The van der Waals surface area contributed by atoms with Crippen molar-refractivity contribution < 1.29 is 4.79 Å². The predicted molar refractivity (Wildman–Crippen MR) is 62.5 cm³/mol. The Balaban J connectivity index is 2.33. The molecule has 84 valence electrons. The Hall–Kier alpha value is -0.590. The van der Waals surface area contributed by atoms with Crippen LogP contribution in [0.25, 0.3) is 0 Å². The second-order valence-corrected chi connectivity index (χ2v) is 6.04. The topological polar surface area (TPSA) is 17.1 Å². The van der Waals surface area contributed by atoms with Crippen molar-refractivity contribution in [2.75, 3.05) is 0 Å². The standard InChI is InChI=1S/C14H22O/c1-9-5-6-11-7-13(10(2)15)14(3,4)8-12(9)11/h8-9,11,13H,5-7H2,1-4H3/t9-,11-,13?/m0/s1. The minimum Gasteiger partial charge on any atom is -0.300 e. The molecule has 1 saturated carbocycles. The molecule has 2 aliphatic rings. The fourth-order valence-corrected chi connectivity index (χ4v) is 3.51. The van der Waals surface area contributed by atoms with Crippen LogP contribution in [0.1, 0.15) is 47.0 Å². The molecule has 0 radical (unpaired) electrons. The number of carbonyl (C=O) groups excluding carboxylic acids is 1. The number of allylic oxidation sites excluding steroid dienone is 2. The van der Waals surface area contributed by atoms with Crippen LogP contribution in [-0.2, 0) is 4.79 Å². The smallest absolute Gasteiger partial charge is 0.133 e. The Morgan fingerprint density at radius 1 is 1.40 bits per heavy atom. The number of fused-ring (bicyclic) bond motifs is 1. The predicted octanol–water partition coefficient (Wildman–Crippen LogP) is 3.59. The first-order valence-corrected chi connectivity index (χ1v) is 6.15. The molecule has 0 spiro atoms. The van der Waals surface area contributed by atoms with Gasteiger partial charge in [0.25, 0.3) is 0 Å². The minimum absolute atomic E-state index is 0.0796. The third-order valence-corrected chi connectivity index (χ3v) is 4.44. The number of ketones is 1. The molecule has 0 amide bonds. The van der Waals surface area contributed by atoms with E-state index in [0.29, 0.717) is 11.7 Å². The summed E-state index contributed by atoms with van der Waals surface area (Å²) >= 11 is 0. The molecule has 0 aromatic carbocycles. The van der Waals surface area contributed by atoms with Crippen molar-refractivity contribution in [3.63, 3.8) is 0 Å². The highest BCUT2D eigenvalue weighted by Gasteiger charge is 2.41. The summed E-state index contributed by atoms with van der Waals surface area (Å²) < 4.78 is 0. The molecule has 15 heavy (non-hydrogen) atoms. The zero-order valence-corrected chi connectivity index (χ0v) is 10.3. The van der Waals surface area contributed by atoms with E-state index in [4.69, 9.17) is 0 Å². The van der Waals surface area contributed by atoms with Gasteiger partial charge in [0.2, 0.25) is 0 Å². The molecule has 2 aliphatic carbocycles. The van der Waals surface area contributed by atoms with Gasteiger partial charge in [-0.25, -0.2) is 0 Å². The maximum Gasteiger partial charge on any atom is 0.133 e. The summed E-state index contributed by atoms with van der Waals surface area (Å²) in [5, 5.41) is 0. The second kappa shape index (κ2) is 3.47. The zero-order chi connectivity index (χ0) is 11.2. The molecule has 0 bridgehead atoms. The van der Waals surface area contributed by atoms with E-state index in [-0.39, 0.29) is 11.3 Å². The fraction of sp³-hybridized carbons (Fsp3) is 0.786. The number of hydrogen-bond acceptors (Lipinski definition) is 1. The third-order valence-electron chi connectivity index (χ3n) is 4.44. The Morgan fingerprint density at radius 3 is 2.67 bits per heavy atom. The first-order chi connectivity index (χ1) is 6.92. The van der Waals surface area contributed by atoms with Crippen molar-refractivity contribution in [2.24, 2.45) is 23.2 Å². The normalized spacial score (nSPS) is 38.4. The van der Waals surface area contributed by atoms with Crippen LogP contribution in [0.15, 0.2) is 11.6 Å². The molecular weight excluding hydrogens is 184 g/mol. The van der Waals surface area contributed by atoms with Crippen molar-refractivity contribution in [3.8, 4) is 0 Å². The largest absolute Gasteiger partial charge is 0.300 e. The average molecular weight is 206 g/mol. The summed E-state index contributed by atoms with van der Waals surface area (Å²) in [7, 11) is 0. The van der Waals surface area contributed by atoms with Gasteiger partial charge in [0, 0.05) is 5.92 Å². The number of rotatable bonds is 1. The van der Waals surface area contributed by atoms with Gasteiger partial charge in [-0.1, -0.05) is 32.4 Å². The molecule has 0 saturated heterocycles. The molecule has 1 unspecified atom stereocenters. The molecule has 1 nitrogen and oxygen atoms in total. The summed E-state index contributed by atoms with van der Waals surface area (Å²) in [6, 6.07) is 0. The Bertz CT molecular complexity index is 311. The van der Waals surface area contributed by atoms with Crippen LogP contribution in [0, 0.1) is 23.2 Å². The minimum atomic E-state index is 0.0796. The maximum absolute atomic E-state index is 11.7. The molecule has 0 aromatic rings. The molecule has 1 heteroatoms. The van der Waals surface area contributed by atoms with E-state index in [1.165, 1.54) is 12.8 Å². The average Bonchev–Trinajstić information content (AvgIpc) is 2.44. The lowest BCUT2D eigenvalue weighted by Crippen LogP contribution is -2.34. The number of Topliss-reactive ketones (excluding diaryl/α,β-unsaturated/α-hetero) is 1. The molecule has 0 aliphatic heterocycles. The Morgan fingerprint density at radius 2 is 2.07 bits per heavy atom. The van der Waals surface area contributed by atoms with E-state index >= 15 is 0 Å². The van der Waals surface area contributed by atoms with Crippen molar-refractivity contribution >= 4 is 5.78 Å². The van der Waals surface area contributed by atoms with Crippen molar-refractivity contribution in [2.45, 2.75) is 47.0 Å². The van der Waals surface area contributed by atoms with Crippen molar-refractivity contribution in [3.05, 3.63) is 11.6 Å². The van der Waals surface area contributed by atoms with E-state index in [1.54, 1.807) is 12.5 Å². The number of carbonyl (C=O) groups is 1. The highest BCUT2D eigenvalue weighted by molar-refractivity contribution is 5.79.